The number of hydrogen-bond donors (Lipinski definition) is 1. The van der Waals surface area contributed by atoms with Gasteiger partial charge in [-0.3, -0.25) is 0 Å². The Morgan fingerprint density at radius 1 is 1.67 bits per heavy atom. The van der Waals surface area contributed by atoms with E-state index in [0.29, 0.717) is 0 Å². The van der Waals surface area contributed by atoms with E-state index >= 15 is 0 Å². The Bertz CT molecular complexity index is 253. The summed E-state index contributed by atoms with van der Waals surface area (Å²) in [6.45, 7) is 1.07. The van der Waals surface area contributed by atoms with E-state index in [1.54, 1.807) is 11.3 Å². The van der Waals surface area contributed by atoms with Crippen LogP contribution in [0.4, 0.5) is 0 Å². The van der Waals surface area contributed by atoms with Crippen LogP contribution in [0.1, 0.15) is 29.3 Å². The van der Waals surface area contributed by atoms with E-state index in [1.807, 2.05) is 12.6 Å². The number of rotatable bonds is 4. The SMILES string of the molecule is CNCCc1scnc1C1CC1. The first kappa shape index (κ1) is 8.20. The normalized spacial score (nSPS) is 16.8. The lowest BCUT2D eigenvalue weighted by Crippen LogP contribution is -2.10. The molecule has 1 aromatic rings. The molecule has 0 radical (unpaired) electrons. The van der Waals surface area contributed by atoms with Crippen molar-refractivity contribution in [2.75, 3.05) is 13.6 Å². The van der Waals surface area contributed by atoms with Gasteiger partial charge in [0.2, 0.25) is 0 Å². The average molecular weight is 182 g/mol. The second kappa shape index (κ2) is 3.54. The number of likely N-dealkylation sites (N-methyl/N-ethyl adjacent to an activating group) is 1. The molecule has 0 aliphatic heterocycles. The molecule has 0 bridgehead atoms. The summed E-state index contributed by atoms with van der Waals surface area (Å²) in [6.07, 6.45) is 3.86. The van der Waals surface area contributed by atoms with Gasteiger partial charge in [-0.15, -0.1) is 11.3 Å². The van der Waals surface area contributed by atoms with Crippen LogP contribution >= 0.6 is 11.3 Å². The van der Waals surface area contributed by atoms with Crippen LogP contribution in [0.15, 0.2) is 5.51 Å². The first-order valence-electron chi connectivity index (χ1n) is 4.48. The third-order valence-corrected chi connectivity index (χ3v) is 3.15. The van der Waals surface area contributed by atoms with E-state index in [-0.39, 0.29) is 0 Å². The fraction of sp³-hybridized carbons (Fsp3) is 0.667. The zero-order valence-corrected chi connectivity index (χ0v) is 8.16. The fourth-order valence-corrected chi connectivity index (χ4v) is 2.25. The van der Waals surface area contributed by atoms with Gasteiger partial charge < -0.3 is 5.32 Å². The van der Waals surface area contributed by atoms with Gasteiger partial charge in [0, 0.05) is 10.8 Å². The maximum absolute atomic E-state index is 4.42. The fourth-order valence-electron chi connectivity index (χ4n) is 1.39. The van der Waals surface area contributed by atoms with Crippen molar-refractivity contribution in [3.05, 3.63) is 16.1 Å². The van der Waals surface area contributed by atoms with Crippen molar-refractivity contribution < 1.29 is 0 Å². The third kappa shape index (κ3) is 1.67. The van der Waals surface area contributed by atoms with Crippen molar-refractivity contribution in [1.82, 2.24) is 10.3 Å². The summed E-state index contributed by atoms with van der Waals surface area (Å²) in [5.74, 6) is 0.808. The predicted octanol–water partition coefficient (Wildman–Crippen LogP) is 1.78. The largest absolute Gasteiger partial charge is 0.319 e. The van der Waals surface area contributed by atoms with Crippen LogP contribution in [0.3, 0.4) is 0 Å². The summed E-state index contributed by atoms with van der Waals surface area (Å²) in [6, 6.07) is 0. The second-order valence-electron chi connectivity index (χ2n) is 3.29. The predicted molar refractivity (Wildman–Crippen MR) is 51.7 cm³/mol. The van der Waals surface area contributed by atoms with Crippen molar-refractivity contribution in [2.24, 2.45) is 0 Å². The molecule has 0 amide bonds. The highest BCUT2D eigenvalue weighted by atomic mass is 32.1. The van der Waals surface area contributed by atoms with Gasteiger partial charge in [0.1, 0.15) is 0 Å². The lowest BCUT2D eigenvalue weighted by Gasteiger charge is -1.99. The standard InChI is InChI=1S/C9H14N2S/c1-10-5-4-8-9(7-2-3-7)11-6-12-8/h6-7,10H,2-5H2,1H3. The van der Waals surface area contributed by atoms with Gasteiger partial charge in [0.05, 0.1) is 11.2 Å². The van der Waals surface area contributed by atoms with Crippen molar-refractivity contribution in [2.45, 2.75) is 25.2 Å². The molecule has 1 aromatic heterocycles. The monoisotopic (exact) mass is 182 g/mol. The van der Waals surface area contributed by atoms with Crippen molar-refractivity contribution in [3.8, 4) is 0 Å². The highest BCUT2D eigenvalue weighted by Gasteiger charge is 2.27. The average Bonchev–Trinajstić information content (AvgIpc) is 2.83. The number of nitrogens with zero attached hydrogens (tertiary/aromatic N) is 1. The van der Waals surface area contributed by atoms with Gasteiger partial charge in [-0.05, 0) is 32.9 Å². The Kier molecular flexibility index (Phi) is 2.42. The number of aromatic nitrogens is 1. The first-order chi connectivity index (χ1) is 5.92. The maximum Gasteiger partial charge on any atom is 0.0797 e. The van der Waals surface area contributed by atoms with E-state index in [4.69, 9.17) is 0 Å². The van der Waals surface area contributed by atoms with Gasteiger partial charge in [0.15, 0.2) is 0 Å². The Hall–Kier alpha value is -0.410. The molecule has 2 rings (SSSR count). The first-order valence-corrected chi connectivity index (χ1v) is 5.36. The van der Waals surface area contributed by atoms with Gasteiger partial charge in [-0.1, -0.05) is 0 Å². The van der Waals surface area contributed by atoms with E-state index in [1.165, 1.54) is 23.4 Å². The summed E-state index contributed by atoms with van der Waals surface area (Å²) < 4.78 is 0. The van der Waals surface area contributed by atoms with Crippen LogP contribution < -0.4 is 5.32 Å². The highest BCUT2D eigenvalue weighted by Crippen LogP contribution is 2.41. The molecule has 0 aromatic carbocycles. The van der Waals surface area contributed by atoms with Gasteiger partial charge >= 0.3 is 0 Å². The summed E-state index contributed by atoms with van der Waals surface area (Å²) in [4.78, 5) is 5.91. The highest BCUT2D eigenvalue weighted by molar-refractivity contribution is 7.09. The third-order valence-electron chi connectivity index (χ3n) is 2.24. The zero-order valence-electron chi connectivity index (χ0n) is 7.34. The molecule has 0 saturated heterocycles. The maximum atomic E-state index is 4.42. The van der Waals surface area contributed by atoms with Gasteiger partial charge in [0.25, 0.3) is 0 Å². The van der Waals surface area contributed by atoms with E-state index < -0.39 is 0 Å². The molecule has 0 spiro atoms. The van der Waals surface area contributed by atoms with E-state index in [2.05, 4.69) is 10.3 Å². The molecule has 0 atom stereocenters. The Balaban J connectivity index is 2.03. The van der Waals surface area contributed by atoms with Crippen LogP contribution in [-0.4, -0.2) is 18.6 Å². The van der Waals surface area contributed by atoms with Gasteiger partial charge in [-0.2, -0.15) is 0 Å². The van der Waals surface area contributed by atoms with Crippen LogP contribution in [-0.2, 0) is 6.42 Å². The number of thiazole rings is 1. The Morgan fingerprint density at radius 3 is 3.17 bits per heavy atom. The molecule has 1 aliphatic rings. The van der Waals surface area contributed by atoms with Crippen molar-refractivity contribution in [1.29, 1.82) is 0 Å². The van der Waals surface area contributed by atoms with E-state index in [0.717, 1.165) is 18.9 Å². The summed E-state index contributed by atoms with van der Waals surface area (Å²) in [7, 11) is 2.00. The minimum absolute atomic E-state index is 0.808. The van der Waals surface area contributed by atoms with E-state index in [9.17, 15) is 0 Å². The van der Waals surface area contributed by atoms with Gasteiger partial charge in [-0.25, -0.2) is 4.98 Å². The van der Waals surface area contributed by atoms with Crippen molar-refractivity contribution >= 4 is 11.3 Å². The zero-order chi connectivity index (χ0) is 8.39. The summed E-state index contributed by atoms with van der Waals surface area (Å²) in [5, 5.41) is 3.17. The summed E-state index contributed by atoms with van der Waals surface area (Å²) >= 11 is 1.81. The number of hydrogen-bond acceptors (Lipinski definition) is 3. The molecule has 1 aliphatic carbocycles. The van der Waals surface area contributed by atoms with Crippen molar-refractivity contribution in [3.63, 3.8) is 0 Å². The molecular formula is C9H14N2S. The quantitative estimate of drug-likeness (QED) is 0.768. The second-order valence-corrected chi connectivity index (χ2v) is 4.23. The Labute approximate surface area is 77.0 Å². The lowest BCUT2D eigenvalue weighted by atomic mass is 10.2. The smallest absolute Gasteiger partial charge is 0.0797 e. The summed E-state index contributed by atoms with van der Waals surface area (Å²) in [5.41, 5.74) is 3.37. The number of nitrogens with one attached hydrogen (secondary N) is 1. The van der Waals surface area contributed by atoms with Crippen LogP contribution in [0.2, 0.25) is 0 Å². The minimum atomic E-state index is 0.808. The van der Waals surface area contributed by atoms with Crippen LogP contribution in [0.5, 0.6) is 0 Å². The topological polar surface area (TPSA) is 24.9 Å². The van der Waals surface area contributed by atoms with Crippen LogP contribution in [0, 0.1) is 0 Å². The molecule has 1 N–H and O–H groups in total. The molecule has 2 nitrogen and oxygen atoms in total. The molecular weight excluding hydrogens is 168 g/mol. The Morgan fingerprint density at radius 2 is 2.50 bits per heavy atom. The molecule has 1 heterocycles. The van der Waals surface area contributed by atoms with Crippen LogP contribution in [0.25, 0.3) is 0 Å². The molecule has 1 fully saturated rings. The lowest BCUT2D eigenvalue weighted by molar-refractivity contribution is 0.790. The molecule has 0 unspecified atom stereocenters. The minimum Gasteiger partial charge on any atom is -0.319 e. The molecule has 66 valence electrons. The molecule has 12 heavy (non-hydrogen) atoms. The molecule has 1 saturated carbocycles. The molecule has 3 heteroatoms.